The fraction of sp³-hybridized carbons (Fsp3) is 0.556. The van der Waals surface area contributed by atoms with E-state index < -0.39 is 12.0 Å². The molecule has 5 atom stereocenters. The molecule has 5 unspecified atom stereocenters. The zero-order valence-corrected chi connectivity index (χ0v) is 13.3. The van der Waals surface area contributed by atoms with Crippen molar-refractivity contribution in [1.29, 1.82) is 0 Å². The average molecular weight is 317 g/mol. The van der Waals surface area contributed by atoms with Gasteiger partial charge in [-0.05, 0) is 31.7 Å². The minimum absolute atomic E-state index is 0.0526. The monoisotopic (exact) mass is 317 g/mol. The predicted octanol–water partition coefficient (Wildman–Crippen LogP) is 1.61. The summed E-state index contributed by atoms with van der Waals surface area (Å²) >= 11 is 0. The Bertz CT molecular complexity index is 574. The van der Waals surface area contributed by atoms with E-state index in [1.165, 1.54) is 0 Å². The number of rotatable bonds is 3. The molecule has 2 aliphatic rings. The van der Waals surface area contributed by atoms with E-state index in [4.69, 9.17) is 4.74 Å². The van der Waals surface area contributed by atoms with Gasteiger partial charge in [0.25, 0.3) is 0 Å². The van der Waals surface area contributed by atoms with Crippen molar-refractivity contribution < 1.29 is 19.4 Å². The molecule has 0 radical (unpaired) electrons. The summed E-state index contributed by atoms with van der Waals surface area (Å²) in [5, 5.41) is 13.8. The molecule has 2 N–H and O–H groups in total. The number of esters is 1. The number of piperidine rings is 1. The lowest BCUT2D eigenvalue weighted by Gasteiger charge is -2.44. The number of benzene rings is 1. The van der Waals surface area contributed by atoms with Crippen molar-refractivity contribution in [1.82, 2.24) is 5.32 Å². The minimum atomic E-state index is -0.770. The van der Waals surface area contributed by atoms with E-state index in [1.54, 1.807) is 6.92 Å². The molecule has 0 spiro atoms. The number of aliphatic hydroxyl groups is 1. The van der Waals surface area contributed by atoms with Crippen LogP contribution in [0.3, 0.4) is 0 Å². The number of hydrogen-bond acceptors (Lipinski definition) is 4. The van der Waals surface area contributed by atoms with Gasteiger partial charge in [-0.2, -0.15) is 0 Å². The summed E-state index contributed by atoms with van der Waals surface area (Å²) < 4.78 is 5.12. The molecule has 0 aromatic heterocycles. The molecule has 1 saturated carbocycles. The van der Waals surface area contributed by atoms with E-state index in [2.05, 4.69) is 5.32 Å². The molecular formula is C18H23NO4. The van der Waals surface area contributed by atoms with E-state index in [-0.39, 0.29) is 29.8 Å². The van der Waals surface area contributed by atoms with Gasteiger partial charge in [0, 0.05) is 12.0 Å². The molecule has 5 heteroatoms. The molecule has 124 valence electrons. The predicted molar refractivity (Wildman–Crippen MR) is 84.6 cm³/mol. The normalized spacial score (nSPS) is 33.5. The standard InChI is InChI=1S/C18H23NO4/c1-2-23-18(22)12-8-9-14-13(10-12)16(20)15(17(21)19-14)11-6-4-3-5-7-11/h3-7,12-16,20H,2,8-10H2,1H3,(H,19,21). The van der Waals surface area contributed by atoms with Crippen LogP contribution in [0, 0.1) is 11.8 Å². The number of nitrogens with one attached hydrogen (secondary N) is 1. The molecule has 1 amide bonds. The third-order valence-corrected chi connectivity index (χ3v) is 5.07. The fourth-order valence-electron chi connectivity index (χ4n) is 3.92. The summed E-state index contributed by atoms with van der Waals surface area (Å²) in [5.74, 6) is -1.18. The van der Waals surface area contributed by atoms with Gasteiger partial charge in [-0.15, -0.1) is 0 Å². The molecule has 23 heavy (non-hydrogen) atoms. The molecule has 1 saturated heterocycles. The number of amides is 1. The average Bonchev–Trinajstić information content (AvgIpc) is 2.56. The topological polar surface area (TPSA) is 75.6 Å². The second-order valence-corrected chi connectivity index (χ2v) is 6.42. The highest BCUT2D eigenvalue weighted by Gasteiger charge is 2.47. The summed E-state index contributed by atoms with van der Waals surface area (Å²) in [5.41, 5.74) is 0.814. The first kappa shape index (κ1) is 16.0. The summed E-state index contributed by atoms with van der Waals surface area (Å²) in [6.45, 7) is 2.17. The molecule has 2 fully saturated rings. The Morgan fingerprint density at radius 3 is 2.74 bits per heavy atom. The molecule has 1 aromatic carbocycles. The Morgan fingerprint density at radius 2 is 2.04 bits per heavy atom. The van der Waals surface area contributed by atoms with Crippen LogP contribution in [0.1, 0.15) is 37.7 Å². The van der Waals surface area contributed by atoms with Gasteiger partial charge in [-0.3, -0.25) is 9.59 Å². The van der Waals surface area contributed by atoms with E-state index in [0.717, 1.165) is 5.56 Å². The third kappa shape index (κ3) is 3.11. The van der Waals surface area contributed by atoms with Gasteiger partial charge in [-0.25, -0.2) is 0 Å². The number of carbonyl (C=O) groups is 2. The third-order valence-electron chi connectivity index (χ3n) is 5.07. The van der Waals surface area contributed by atoms with Crippen molar-refractivity contribution in [3.63, 3.8) is 0 Å². The molecule has 1 heterocycles. The Labute approximate surface area is 136 Å². The Morgan fingerprint density at radius 1 is 1.30 bits per heavy atom. The Kier molecular flexibility index (Phi) is 4.66. The van der Waals surface area contributed by atoms with Crippen molar-refractivity contribution in [2.75, 3.05) is 6.61 Å². The van der Waals surface area contributed by atoms with Crippen LogP contribution in [0.25, 0.3) is 0 Å². The Balaban J connectivity index is 1.78. The Hall–Kier alpha value is -1.88. The van der Waals surface area contributed by atoms with Crippen molar-refractivity contribution >= 4 is 11.9 Å². The van der Waals surface area contributed by atoms with Gasteiger partial charge < -0.3 is 15.2 Å². The van der Waals surface area contributed by atoms with E-state index in [1.807, 2.05) is 30.3 Å². The molecule has 1 aliphatic carbocycles. The lowest BCUT2D eigenvalue weighted by Crippen LogP contribution is -2.58. The van der Waals surface area contributed by atoms with Gasteiger partial charge >= 0.3 is 5.97 Å². The largest absolute Gasteiger partial charge is 0.466 e. The first-order valence-electron chi connectivity index (χ1n) is 8.31. The zero-order valence-electron chi connectivity index (χ0n) is 13.3. The summed E-state index contributed by atoms with van der Waals surface area (Å²) in [6, 6.07) is 9.28. The number of aliphatic hydroxyl groups excluding tert-OH is 1. The molecule has 3 rings (SSSR count). The highest BCUT2D eigenvalue weighted by atomic mass is 16.5. The summed E-state index contributed by atoms with van der Waals surface area (Å²) in [4.78, 5) is 24.4. The number of fused-ring (bicyclic) bond motifs is 1. The van der Waals surface area contributed by atoms with Crippen LogP contribution < -0.4 is 5.32 Å². The fourth-order valence-corrected chi connectivity index (χ4v) is 3.92. The van der Waals surface area contributed by atoms with Crippen LogP contribution in [0.5, 0.6) is 0 Å². The van der Waals surface area contributed by atoms with Crippen LogP contribution in [0.2, 0.25) is 0 Å². The molecule has 1 aromatic rings. The van der Waals surface area contributed by atoms with Gasteiger partial charge in [0.2, 0.25) is 5.91 Å². The molecule has 5 nitrogen and oxygen atoms in total. The number of ether oxygens (including phenoxy) is 1. The first-order chi connectivity index (χ1) is 11.1. The van der Waals surface area contributed by atoms with Gasteiger partial charge in [0.05, 0.1) is 24.5 Å². The van der Waals surface area contributed by atoms with Crippen molar-refractivity contribution in [2.24, 2.45) is 11.8 Å². The second-order valence-electron chi connectivity index (χ2n) is 6.42. The summed E-state index contributed by atoms with van der Waals surface area (Å²) in [6.07, 6.45) is 1.20. The van der Waals surface area contributed by atoms with E-state index >= 15 is 0 Å². The second kappa shape index (κ2) is 6.71. The molecule has 1 aliphatic heterocycles. The van der Waals surface area contributed by atoms with E-state index in [0.29, 0.717) is 25.9 Å². The van der Waals surface area contributed by atoms with Crippen LogP contribution >= 0.6 is 0 Å². The smallest absolute Gasteiger partial charge is 0.308 e. The lowest BCUT2D eigenvalue weighted by molar-refractivity contribution is -0.151. The van der Waals surface area contributed by atoms with Crippen LogP contribution in [0.15, 0.2) is 30.3 Å². The maximum absolute atomic E-state index is 12.4. The minimum Gasteiger partial charge on any atom is -0.466 e. The highest BCUT2D eigenvalue weighted by molar-refractivity contribution is 5.86. The maximum Gasteiger partial charge on any atom is 0.308 e. The molecule has 0 bridgehead atoms. The maximum atomic E-state index is 12.4. The quantitative estimate of drug-likeness (QED) is 0.831. The highest BCUT2D eigenvalue weighted by Crippen LogP contribution is 2.40. The van der Waals surface area contributed by atoms with Crippen molar-refractivity contribution in [2.45, 2.75) is 44.2 Å². The number of carbonyl (C=O) groups excluding carboxylic acids is 2. The SMILES string of the molecule is CCOC(=O)C1CCC2NC(=O)C(c3ccccc3)C(O)C2C1. The van der Waals surface area contributed by atoms with Crippen LogP contribution in [-0.2, 0) is 14.3 Å². The van der Waals surface area contributed by atoms with Gasteiger partial charge in [0.15, 0.2) is 0 Å². The molecular weight excluding hydrogens is 294 g/mol. The summed E-state index contributed by atoms with van der Waals surface area (Å²) in [7, 11) is 0. The van der Waals surface area contributed by atoms with Crippen LogP contribution in [-0.4, -0.2) is 35.7 Å². The lowest BCUT2D eigenvalue weighted by atomic mass is 9.69. The van der Waals surface area contributed by atoms with Crippen molar-refractivity contribution in [3.05, 3.63) is 35.9 Å². The van der Waals surface area contributed by atoms with Crippen molar-refractivity contribution in [3.8, 4) is 0 Å². The van der Waals surface area contributed by atoms with Gasteiger partial charge in [0.1, 0.15) is 0 Å². The first-order valence-corrected chi connectivity index (χ1v) is 8.31. The van der Waals surface area contributed by atoms with Crippen LogP contribution in [0.4, 0.5) is 0 Å². The van der Waals surface area contributed by atoms with Gasteiger partial charge in [-0.1, -0.05) is 30.3 Å². The number of hydrogen-bond donors (Lipinski definition) is 2. The zero-order chi connectivity index (χ0) is 16.4. The van der Waals surface area contributed by atoms with E-state index in [9.17, 15) is 14.7 Å².